The zero-order chi connectivity index (χ0) is 13.7. The van der Waals surface area contributed by atoms with Crippen LogP contribution in [-0.4, -0.2) is 23.6 Å². The first kappa shape index (κ1) is 15.5. The number of halogens is 2. The molecule has 1 heterocycles. The van der Waals surface area contributed by atoms with Gasteiger partial charge in [0.15, 0.2) is 0 Å². The van der Waals surface area contributed by atoms with E-state index in [-0.39, 0.29) is 0 Å². The Labute approximate surface area is 130 Å². The highest BCUT2D eigenvalue weighted by atomic mass is 35.5. The second-order valence-corrected chi connectivity index (χ2v) is 7.23. The summed E-state index contributed by atoms with van der Waals surface area (Å²) in [6.07, 6.45) is 4.89. The quantitative estimate of drug-likeness (QED) is 0.808. The monoisotopic (exact) mass is 317 g/mol. The lowest BCUT2D eigenvalue weighted by Crippen LogP contribution is -2.39. The summed E-state index contributed by atoms with van der Waals surface area (Å²) >= 11 is 14.2. The Balaban J connectivity index is 2.03. The van der Waals surface area contributed by atoms with Crippen LogP contribution in [0, 0.1) is 0 Å². The van der Waals surface area contributed by atoms with Crippen molar-refractivity contribution in [2.45, 2.75) is 43.9 Å². The maximum atomic E-state index is 6.10. The minimum Gasteiger partial charge on any atom is -0.313 e. The highest BCUT2D eigenvalue weighted by molar-refractivity contribution is 8.00. The van der Waals surface area contributed by atoms with Gasteiger partial charge in [0.05, 0.1) is 10.0 Å². The number of rotatable bonds is 6. The topological polar surface area (TPSA) is 12.0 Å². The Morgan fingerprint density at radius 3 is 2.84 bits per heavy atom. The molecular weight excluding hydrogens is 297 g/mol. The van der Waals surface area contributed by atoms with E-state index in [1.165, 1.54) is 30.6 Å². The minimum absolute atomic E-state index is 0.546. The third-order valence-corrected chi connectivity index (χ3v) is 5.77. The van der Waals surface area contributed by atoms with Crippen molar-refractivity contribution in [2.75, 3.05) is 12.3 Å². The summed E-state index contributed by atoms with van der Waals surface area (Å²) in [6.45, 7) is 3.30. The first-order valence-electron chi connectivity index (χ1n) is 6.99. The van der Waals surface area contributed by atoms with E-state index >= 15 is 0 Å². The summed E-state index contributed by atoms with van der Waals surface area (Å²) in [5.74, 6) is 1.30. The zero-order valence-corrected chi connectivity index (χ0v) is 13.6. The van der Waals surface area contributed by atoms with Gasteiger partial charge in [0.25, 0.3) is 0 Å². The van der Waals surface area contributed by atoms with Gasteiger partial charge in [0.1, 0.15) is 0 Å². The average Bonchev–Trinajstić information content (AvgIpc) is 2.92. The van der Waals surface area contributed by atoms with Gasteiger partial charge in [-0.3, -0.25) is 0 Å². The Morgan fingerprint density at radius 2 is 2.21 bits per heavy atom. The molecule has 1 saturated heterocycles. The molecule has 0 spiro atoms. The molecule has 1 fully saturated rings. The van der Waals surface area contributed by atoms with Gasteiger partial charge in [-0.05, 0) is 55.7 Å². The molecule has 0 saturated carbocycles. The summed E-state index contributed by atoms with van der Waals surface area (Å²) in [5.41, 5.74) is 1.27. The van der Waals surface area contributed by atoms with Crippen LogP contribution in [0.4, 0.5) is 0 Å². The van der Waals surface area contributed by atoms with Crippen molar-refractivity contribution in [1.82, 2.24) is 5.32 Å². The van der Waals surface area contributed by atoms with Gasteiger partial charge < -0.3 is 5.32 Å². The number of nitrogens with one attached hydrogen (secondary N) is 1. The molecule has 1 N–H and O–H groups in total. The van der Waals surface area contributed by atoms with Crippen LogP contribution in [0.1, 0.15) is 31.7 Å². The van der Waals surface area contributed by atoms with Gasteiger partial charge >= 0.3 is 0 Å². The third-order valence-electron chi connectivity index (χ3n) is 3.51. The summed E-state index contributed by atoms with van der Waals surface area (Å²) < 4.78 is 0. The highest BCUT2D eigenvalue weighted by Gasteiger charge is 2.25. The van der Waals surface area contributed by atoms with Crippen molar-refractivity contribution in [3.8, 4) is 0 Å². The highest BCUT2D eigenvalue weighted by Crippen LogP contribution is 2.31. The molecule has 19 heavy (non-hydrogen) atoms. The molecule has 1 aromatic rings. The number of thioether (sulfide) groups is 1. The molecular formula is C15H21Cl2NS. The molecule has 0 amide bonds. The largest absolute Gasteiger partial charge is 0.313 e. The average molecular weight is 318 g/mol. The van der Waals surface area contributed by atoms with Crippen LogP contribution in [0.25, 0.3) is 0 Å². The fourth-order valence-electron chi connectivity index (χ4n) is 2.51. The molecule has 0 radical (unpaired) electrons. The first-order chi connectivity index (χ1) is 9.20. The Bertz CT molecular complexity index is 405. The summed E-state index contributed by atoms with van der Waals surface area (Å²) in [5, 5.41) is 5.73. The van der Waals surface area contributed by atoms with E-state index in [9.17, 15) is 0 Å². The van der Waals surface area contributed by atoms with Gasteiger partial charge in [0.2, 0.25) is 0 Å². The van der Waals surface area contributed by atoms with E-state index in [1.54, 1.807) is 0 Å². The van der Waals surface area contributed by atoms with Gasteiger partial charge in [0, 0.05) is 11.3 Å². The lowest BCUT2D eigenvalue weighted by molar-refractivity contribution is 0.482. The summed E-state index contributed by atoms with van der Waals surface area (Å²) in [7, 11) is 0. The predicted octanol–water partition coefficient (Wildman–Crippen LogP) is 4.80. The van der Waals surface area contributed by atoms with Crippen LogP contribution >= 0.6 is 35.0 Å². The predicted molar refractivity (Wildman–Crippen MR) is 87.7 cm³/mol. The van der Waals surface area contributed by atoms with Gasteiger partial charge in [-0.1, -0.05) is 36.2 Å². The van der Waals surface area contributed by atoms with Crippen LogP contribution in [-0.2, 0) is 6.42 Å². The van der Waals surface area contributed by atoms with Crippen LogP contribution in [0.5, 0.6) is 0 Å². The maximum absolute atomic E-state index is 6.10. The van der Waals surface area contributed by atoms with Crippen molar-refractivity contribution < 1.29 is 0 Å². The van der Waals surface area contributed by atoms with Crippen LogP contribution in [0.15, 0.2) is 18.2 Å². The molecule has 2 rings (SSSR count). The number of benzene rings is 1. The lowest BCUT2D eigenvalue weighted by atomic mass is 10.0. The molecule has 1 aromatic carbocycles. The molecule has 0 aromatic heterocycles. The first-order valence-corrected chi connectivity index (χ1v) is 8.80. The van der Waals surface area contributed by atoms with E-state index in [2.05, 4.69) is 30.1 Å². The molecule has 0 aliphatic carbocycles. The van der Waals surface area contributed by atoms with Crippen LogP contribution in [0.3, 0.4) is 0 Å². The second kappa shape index (κ2) is 7.78. The van der Waals surface area contributed by atoms with E-state index in [4.69, 9.17) is 23.2 Å². The third kappa shape index (κ3) is 4.56. The van der Waals surface area contributed by atoms with Gasteiger partial charge in [-0.15, -0.1) is 0 Å². The van der Waals surface area contributed by atoms with Gasteiger partial charge in [-0.25, -0.2) is 0 Å². The lowest BCUT2D eigenvalue weighted by Gasteiger charge is -2.24. The standard InChI is InChI=1S/C15H21Cl2NS/c1-2-7-18-14(15-4-3-8-19-15)10-11-5-6-12(16)13(17)9-11/h5-6,9,14-15,18H,2-4,7-8,10H2,1H3. The molecule has 1 nitrogen and oxygen atoms in total. The number of hydrogen-bond donors (Lipinski definition) is 1. The maximum Gasteiger partial charge on any atom is 0.0595 e. The molecule has 106 valence electrons. The smallest absolute Gasteiger partial charge is 0.0595 e. The zero-order valence-electron chi connectivity index (χ0n) is 11.3. The summed E-state index contributed by atoms with van der Waals surface area (Å²) in [6, 6.07) is 6.54. The minimum atomic E-state index is 0.546. The van der Waals surface area contributed by atoms with Crippen LogP contribution in [0.2, 0.25) is 10.0 Å². The van der Waals surface area contributed by atoms with Crippen molar-refractivity contribution in [3.63, 3.8) is 0 Å². The SMILES string of the molecule is CCCNC(Cc1ccc(Cl)c(Cl)c1)C1CCCS1. The Hall–Kier alpha value is 0.110. The van der Waals surface area contributed by atoms with Crippen molar-refractivity contribution >= 4 is 35.0 Å². The van der Waals surface area contributed by atoms with Crippen LogP contribution < -0.4 is 5.32 Å². The second-order valence-electron chi connectivity index (χ2n) is 5.06. The fraction of sp³-hybridized carbons (Fsp3) is 0.600. The normalized spacial score (nSPS) is 20.7. The molecule has 2 atom stereocenters. The molecule has 1 aliphatic rings. The van der Waals surface area contributed by atoms with E-state index in [0.29, 0.717) is 16.1 Å². The fourth-order valence-corrected chi connectivity index (χ4v) is 4.22. The Morgan fingerprint density at radius 1 is 1.37 bits per heavy atom. The van der Waals surface area contributed by atoms with E-state index in [1.807, 2.05) is 12.1 Å². The van der Waals surface area contributed by atoms with Crippen molar-refractivity contribution in [1.29, 1.82) is 0 Å². The van der Waals surface area contributed by atoms with Gasteiger partial charge in [-0.2, -0.15) is 11.8 Å². The van der Waals surface area contributed by atoms with Crippen molar-refractivity contribution in [2.24, 2.45) is 0 Å². The molecule has 0 bridgehead atoms. The number of hydrogen-bond acceptors (Lipinski definition) is 2. The Kier molecular flexibility index (Phi) is 6.34. The molecule has 2 unspecified atom stereocenters. The molecule has 1 aliphatic heterocycles. The summed E-state index contributed by atoms with van der Waals surface area (Å²) in [4.78, 5) is 0. The van der Waals surface area contributed by atoms with E-state index < -0.39 is 0 Å². The molecule has 4 heteroatoms. The van der Waals surface area contributed by atoms with Crippen molar-refractivity contribution in [3.05, 3.63) is 33.8 Å². The van der Waals surface area contributed by atoms with E-state index in [0.717, 1.165) is 18.2 Å².